The number of carbonyl (C=O) groups excluding carboxylic acids is 1. The lowest BCUT2D eigenvalue weighted by Gasteiger charge is -2.38. The average molecular weight is 297 g/mol. The highest BCUT2D eigenvalue weighted by molar-refractivity contribution is 5.85. The van der Waals surface area contributed by atoms with Crippen LogP contribution in [0, 0.1) is 5.92 Å². The van der Waals surface area contributed by atoms with Crippen molar-refractivity contribution in [3.05, 3.63) is 35.9 Å². The predicted molar refractivity (Wildman–Crippen MR) is 84.8 cm³/mol. The summed E-state index contributed by atoms with van der Waals surface area (Å²) in [7, 11) is 0. The van der Waals surface area contributed by atoms with Crippen LogP contribution >= 0.6 is 12.4 Å². The second-order valence-corrected chi connectivity index (χ2v) is 5.67. The van der Waals surface area contributed by atoms with Crippen LogP contribution in [0.3, 0.4) is 0 Å². The number of halogens is 1. The molecule has 20 heavy (non-hydrogen) atoms. The van der Waals surface area contributed by atoms with Crippen LogP contribution in [0.25, 0.3) is 0 Å². The number of nitrogens with two attached hydrogens (primary N) is 1. The van der Waals surface area contributed by atoms with Crippen LogP contribution in [-0.2, 0) is 4.79 Å². The Morgan fingerprint density at radius 2 is 2.00 bits per heavy atom. The van der Waals surface area contributed by atoms with Gasteiger partial charge < -0.3 is 10.6 Å². The van der Waals surface area contributed by atoms with Crippen molar-refractivity contribution in [1.29, 1.82) is 0 Å². The number of nitrogens with zero attached hydrogens (tertiary/aromatic N) is 1. The Morgan fingerprint density at radius 3 is 2.65 bits per heavy atom. The first kappa shape index (κ1) is 17.0. The van der Waals surface area contributed by atoms with Crippen molar-refractivity contribution in [2.45, 2.75) is 45.2 Å². The van der Waals surface area contributed by atoms with Gasteiger partial charge in [-0.1, -0.05) is 37.3 Å². The Balaban J connectivity index is 0.00000200. The fourth-order valence-corrected chi connectivity index (χ4v) is 2.81. The van der Waals surface area contributed by atoms with Crippen molar-refractivity contribution in [2.24, 2.45) is 11.7 Å². The number of amides is 1. The summed E-state index contributed by atoms with van der Waals surface area (Å²) in [5, 5.41) is 0. The van der Waals surface area contributed by atoms with Gasteiger partial charge in [-0.2, -0.15) is 0 Å². The molecule has 0 aliphatic carbocycles. The molecule has 1 saturated heterocycles. The molecule has 2 rings (SSSR count). The van der Waals surface area contributed by atoms with Gasteiger partial charge in [0.25, 0.3) is 0 Å². The SMILES string of the molecule is CC1CCCN(C(=O)CC(N)c2ccccc2)C1C.Cl. The molecule has 0 bridgehead atoms. The van der Waals surface area contributed by atoms with E-state index in [1.165, 1.54) is 6.42 Å². The molecule has 1 aliphatic rings. The molecule has 1 aromatic rings. The lowest BCUT2D eigenvalue weighted by molar-refractivity contribution is -0.136. The second-order valence-electron chi connectivity index (χ2n) is 5.67. The van der Waals surface area contributed by atoms with Crippen LogP contribution in [0.2, 0.25) is 0 Å². The van der Waals surface area contributed by atoms with Crippen molar-refractivity contribution in [3.8, 4) is 0 Å². The number of benzene rings is 1. The number of hydrogen-bond acceptors (Lipinski definition) is 2. The summed E-state index contributed by atoms with van der Waals surface area (Å²) >= 11 is 0. The van der Waals surface area contributed by atoms with Gasteiger partial charge in [-0.25, -0.2) is 0 Å². The van der Waals surface area contributed by atoms with Crippen LogP contribution in [0.5, 0.6) is 0 Å². The van der Waals surface area contributed by atoms with Gasteiger partial charge in [-0.15, -0.1) is 12.4 Å². The van der Waals surface area contributed by atoms with Gasteiger partial charge in [0.1, 0.15) is 0 Å². The van der Waals surface area contributed by atoms with Crippen LogP contribution in [0.4, 0.5) is 0 Å². The Morgan fingerprint density at radius 1 is 1.35 bits per heavy atom. The third-order valence-corrected chi connectivity index (χ3v) is 4.32. The molecule has 1 heterocycles. The molecule has 3 nitrogen and oxygen atoms in total. The second kappa shape index (κ2) is 7.65. The van der Waals surface area contributed by atoms with Crippen LogP contribution < -0.4 is 5.73 Å². The Kier molecular flexibility index (Phi) is 6.50. The van der Waals surface area contributed by atoms with Crippen molar-refractivity contribution in [1.82, 2.24) is 4.90 Å². The molecule has 3 unspecified atom stereocenters. The Bertz CT molecular complexity index is 424. The lowest BCUT2D eigenvalue weighted by Crippen LogP contribution is -2.46. The molecular weight excluding hydrogens is 272 g/mol. The Labute approximate surface area is 127 Å². The van der Waals surface area contributed by atoms with Crippen molar-refractivity contribution < 1.29 is 4.79 Å². The quantitative estimate of drug-likeness (QED) is 0.931. The fourth-order valence-electron chi connectivity index (χ4n) is 2.81. The average Bonchev–Trinajstić information content (AvgIpc) is 2.42. The number of piperidine rings is 1. The molecule has 1 aliphatic heterocycles. The van der Waals surface area contributed by atoms with Crippen LogP contribution in [0.1, 0.15) is 44.7 Å². The van der Waals surface area contributed by atoms with E-state index in [4.69, 9.17) is 5.73 Å². The molecule has 4 heteroatoms. The zero-order valence-electron chi connectivity index (χ0n) is 12.3. The van der Waals surface area contributed by atoms with E-state index in [-0.39, 0.29) is 24.4 Å². The number of carbonyl (C=O) groups is 1. The van der Waals surface area contributed by atoms with Gasteiger partial charge >= 0.3 is 0 Å². The normalized spacial score (nSPS) is 23.9. The van der Waals surface area contributed by atoms with E-state index in [1.54, 1.807) is 0 Å². The number of hydrogen-bond donors (Lipinski definition) is 1. The van der Waals surface area contributed by atoms with Gasteiger partial charge in [0.2, 0.25) is 5.91 Å². The monoisotopic (exact) mass is 296 g/mol. The lowest BCUT2D eigenvalue weighted by atomic mass is 9.91. The topological polar surface area (TPSA) is 46.3 Å². The largest absolute Gasteiger partial charge is 0.340 e. The first-order valence-corrected chi connectivity index (χ1v) is 7.19. The van der Waals surface area contributed by atoms with E-state index in [2.05, 4.69) is 13.8 Å². The van der Waals surface area contributed by atoms with Gasteiger partial charge in [-0.3, -0.25) is 4.79 Å². The first-order chi connectivity index (χ1) is 9.09. The zero-order valence-corrected chi connectivity index (χ0v) is 13.1. The van der Waals surface area contributed by atoms with E-state index in [0.29, 0.717) is 18.4 Å². The molecule has 0 aromatic heterocycles. The summed E-state index contributed by atoms with van der Waals surface area (Å²) in [6.07, 6.45) is 2.73. The maximum atomic E-state index is 12.4. The van der Waals surface area contributed by atoms with Crippen molar-refractivity contribution >= 4 is 18.3 Å². The highest BCUT2D eigenvalue weighted by Gasteiger charge is 2.29. The van der Waals surface area contributed by atoms with Gasteiger partial charge in [0.05, 0.1) is 0 Å². The zero-order chi connectivity index (χ0) is 13.8. The number of likely N-dealkylation sites (tertiary alicyclic amines) is 1. The van der Waals surface area contributed by atoms with E-state index in [9.17, 15) is 4.79 Å². The molecule has 112 valence electrons. The highest BCUT2D eigenvalue weighted by atomic mass is 35.5. The summed E-state index contributed by atoms with van der Waals surface area (Å²) in [4.78, 5) is 14.4. The number of rotatable bonds is 3. The Hall–Kier alpha value is -1.06. The maximum Gasteiger partial charge on any atom is 0.224 e. The minimum atomic E-state index is -0.196. The van der Waals surface area contributed by atoms with Crippen molar-refractivity contribution in [3.63, 3.8) is 0 Å². The molecule has 1 amide bonds. The highest BCUT2D eigenvalue weighted by Crippen LogP contribution is 2.25. The summed E-state index contributed by atoms with van der Waals surface area (Å²) in [5.74, 6) is 0.779. The molecule has 0 saturated carbocycles. The summed E-state index contributed by atoms with van der Waals surface area (Å²) in [6.45, 7) is 5.25. The van der Waals surface area contributed by atoms with Gasteiger partial charge in [0.15, 0.2) is 0 Å². The molecule has 2 N–H and O–H groups in total. The van der Waals surface area contributed by atoms with Crippen molar-refractivity contribution in [2.75, 3.05) is 6.54 Å². The molecule has 1 fully saturated rings. The van der Waals surface area contributed by atoms with Gasteiger partial charge in [0, 0.05) is 25.0 Å². The summed E-state index contributed by atoms with van der Waals surface area (Å²) in [6, 6.07) is 10.0. The molecule has 1 aromatic carbocycles. The first-order valence-electron chi connectivity index (χ1n) is 7.19. The summed E-state index contributed by atoms with van der Waals surface area (Å²) in [5.41, 5.74) is 7.17. The predicted octanol–water partition coefficient (Wildman–Crippen LogP) is 3.15. The molecular formula is C16H25ClN2O. The van der Waals surface area contributed by atoms with Crippen LogP contribution in [-0.4, -0.2) is 23.4 Å². The van der Waals surface area contributed by atoms with E-state index >= 15 is 0 Å². The third-order valence-electron chi connectivity index (χ3n) is 4.32. The molecule has 0 radical (unpaired) electrons. The standard InChI is InChI=1S/C16H24N2O.ClH/c1-12-7-6-10-18(13(12)2)16(19)11-15(17)14-8-4-3-5-9-14;/h3-5,8-9,12-13,15H,6-7,10-11,17H2,1-2H3;1H. The third kappa shape index (κ3) is 3.97. The van der Waals surface area contributed by atoms with E-state index in [1.807, 2.05) is 35.2 Å². The minimum absolute atomic E-state index is 0. The molecule has 0 spiro atoms. The smallest absolute Gasteiger partial charge is 0.224 e. The van der Waals surface area contributed by atoms with E-state index < -0.39 is 0 Å². The fraction of sp³-hybridized carbons (Fsp3) is 0.562. The molecule has 3 atom stereocenters. The maximum absolute atomic E-state index is 12.4. The van der Waals surface area contributed by atoms with Crippen LogP contribution in [0.15, 0.2) is 30.3 Å². The van der Waals surface area contributed by atoms with E-state index in [0.717, 1.165) is 18.5 Å². The summed E-state index contributed by atoms with van der Waals surface area (Å²) < 4.78 is 0. The van der Waals surface area contributed by atoms with Gasteiger partial charge in [-0.05, 0) is 31.2 Å². The minimum Gasteiger partial charge on any atom is -0.340 e.